The highest BCUT2D eigenvalue weighted by Crippen LogP contribution is 2.21. The summed E-state index contributed by atoms with van der Waals surface area (Å²) < 4.78 is 5.56. The molecule has 0 aliphatic heterocycles. The summed E-state index contributed by atoms with van der Waals surface area (Å²) in [6.45, 7) is 7.87. The molecule has 0 aromatic heterocycles. The highest BCUT2D eigenvalue weighted by molar-refractivity contribution is 6.08. The van der Waals surface area contributed by atoms with Gasteiger partial charge in [0.25, 0.3) is 0 Å². The van der Waals surface area contributed by atoms with Crippen molar-refractivity contribution in [3.8, 4) is 5.75 Å². The number of anilines is 2. The minimum absolute atomic E-state index is 0.0913. The van der Waals surface area contributed by atoms with Crippen LogP contribution in [-0.2, 0) is 16.0 Å². The van der Waals surface area contributed by atoms with Gasteiger partial charge in [-0.25, -0.2) is 0 Å². The molecule has 138 valence electrons. The molecule has 0 heterocycles. The number of rotatable bonds is 7. The summed E-state index contributed by atoms with van der Waals surface area (Å²) in [4.78, 5) is 24.3. The topological polar surface area (TPSA) is 67.4 Å². The van der Waals surface area contributed by atoms with Gasteiger partial charge in [-0.05, 0) is 62.6 Å². The highest BCUT2D eigenvalue weighted by atomic mass is 16.5. The summed E-state index contributed by atoms with van der Waals surface area (Å²) in [5.41, 5.74) is 3.46. The molecule has 2 rings (SSSR count). The number of nitrogens with one attached hydrogen (secondary N) is 2. The van der Waals surface area contributed by atoms with Gasteiger partial charge < -0.3 is 15.4 Å². The maximum absolute atomic E-state index is 12.2. The summed E-state index contributed by atoms with van der Waals surface area (Å²) in [6, 6.07) is 13.0. The molecule has 0 atom stereocenters. The van der Waals surface area contributed by atoms with Gasteiger partial charge in [-0.3, -0.25) is 9.59 Å². The van der Waals surface area contributed by atoms with Crippen LogP contribution in [0.4, 0.5) is 11.4 Å². The van der Waals surface area contributed by atoms with Crippen molar-refractivity contribution in [2.24, 2.45) is 0 Å². The average Bonchev–Trinajstić information content (AvgIpc) is 2.58. The number of carbonyl (C=O) groups is 2. The molecule has 2 aromatic carbocycles. The normalized spacial score (nSPS) is 10.5. The van der Waals surface area contributed by atoms with Crippen molar-refractivity contribution in [3.63, 3.8) is 0 Å². The van der Waals surface area contributed by atoms with Crippen molar-refractivity contribution in [2.45, 2.75) is 46.6 Å². The third-order valence-electron chi connectivity index (χ3n) is 3.84. The predicted molar refractivity (Wildman–Crippen MR) is 105 cm³/mol. The Kier molecular flexibility index (Phi) is 6.78. The van der Waals surface area contributed by atoms with Crippen molar-refractivity contribution < 1.29 is 14.3 Å². The SMILES string of the molecule is CCc1cccc(C)c1NC(=O)CC(=O)Nc1ccc(OC(C)C)cc1. The Balaban J connectivity index is 1.92. The Morgan fingerprint density at radius 2 is 1.65 bits per heavy atom. The van der Waals surface area contributed by atoms with Crippen LogP contribution in [0.3, 0.4) is 0 Å². The Hall–Kier alpha value is -2.82. The van der Waals surface area contributed by atoms with Crippen LogP contribution in [0.25, 0.3) is 0 Å². The molecule has 2 aromatic rings. The van der Waals surface area contributed by atoms with Gasteiger partial charge in [0.15, 0.2) is 0 Å². The first-order valence-electron chi connectivity index (χ1n) is 8.84. The molecule has 2 amide bonds. The first-order chi connectivity index (χ1) is 12.4. The molecule has 0 spiro atoms. The smallest absolute Gasteiger partial charge is 0.233 e. The molecule has 5 nitrogen and oxygen atoms in total. The van der Waals surface area contributed by atoms with E-state index in [1.165, 1.54) is 0 Å². The van der Waals surface area contributed by atoms with E-state index in [1.807, 2.05) is 45.9 Å². The fourth-order valence-electron chi connectivity index (χ4n) is 2.63. The summed E-state index contributed by atoms with van der Waals surface area (Å²) >= 11 is 0. The zero-order valence-electron chi connectivity index (χ0n) is 15.8. The van der Waals surface area contributed by atoms with Crippen molar-refractivity contribution >= 4 is 23.2 Å². The highest BCUT2D eigenvalue weighted by Gasteiger charge is 2.13. The van der Waals surface area contributed by atoms with E-state index in [0.29, 0.717) is 5.69 Å². The molecule has 0 aliphatic rings. The Morgan fingerprint density at radius 1 is 1.00 bits per heavy atom. The summed E-state index contributed by atoms with van der Waals surface area (Å²) in [5.74, 6) is 0.0558. The van der Waals surface area contributed by atoms with E-state index in [0.717, 1.165) is 29.0 Å². The van der Waals surface area contributed by atoms with Crippen LogP contribution in [0.2, 0.25) is 0 Å². The van der Waals surface area contributed by atoms with Gasteiger partial charge in [0.2, 0.25) is 11.8 Å². The quantitative estimate of drug-likeness (QED) is 0.728. The third-order valence-corrected chi connectivity index (χ3v) is 3.84. The van der Waals surface area contributed by atoms with Gasteiger partial charge in [0, 0.05) is 11.4 Å². The van der Waals surface area contributed by atoms with Crippen molar-refractivity contribution in [3.05, 3.63) is 53.6 Å². The first kappa shape index (κ1) is 19.5. The number of para-hydroxylation sites is 1. The number of hydrogen-bond donors (Lipinski definition) is 2. The van der Waals surface area contributed by atoms with Gasteiger partial charge in [0.05, 0.1) is 6.10 Å². The lowest BCUT2D eigenvalue weighted by Crippen LogP contribution is -2.22. The van der Waals surface area contributed by atoms with Crippen LogP contribution >= 0.6 is 0 Å². The molecule has 2 N–H and O–H groups in total. The number of ether oxygens (including phenoxy) is 1. The van der Waals surface area contributed by atoms with Crippen LogP contribution in [0.1, 0.15) is 38.3 Å². The van der Waals surface area contributed by atoms with Gasteiger partial charge in [0.1, 0.15) is 12.2 Å². The van der Waals surface area contributed by atoms with Gasteiger partial charge in [-0.1, -0.05) is 25.1 Å². The zero-order chi connectivity index (χ0) is 19.1. The molecule has 0 saturated carbocycles. The van der Waals surface area contributed by atoms with Gasteiger partial charge >= 0.3 is 0 Å². The second-order valence-corrected chi connectivity index (χ2v) is 6.43. The average molecular weight is 354 g/mol. The summed E-state index contributed by atoms with van der Waals surface area (Å²) in [7, 11) is 0. The second kappa shape index (κ2) is 9.04. The van der Waals surface area contributed by atoms with Crippen molar-refractivity contribution in [1.82, 2.24) is 0 Å². The summed E-state index contributed by atoms with van der Waals surface area (Å²) in [5, 5.41) is 5.58. The van der Waals surface area contributed by atoms with E-state index < -0.39 is 0 Å². The Labute approximate surface area is 154 Å². The number of carbonyl (C=O) groups excluding carboxylic acids is 2. The van der Waals surface area contributed by atoms with Crippen LogP contribution in [0.5, 0.6) is 5.75 Å². The lowest BCUT2D eigenvalue weighted by molar-refractivity contribution is -0.123. The minimum Gasteiger partial charge on any atom is -0.491 e. The molecule has 5 heteroatoms. The molecule has 26 heavy (non-hydrogen) atoms. The molecule has 0 unspecified atom stereocenters. The van der Waals surface area contributed by atoms with E-state index in [1.54, 1.807) is 24.3 Å². The molecule has 0 bridgehead atoms. The maximum atomic E-state index is 12.2. The minimum atomic E-state index is -0.355. The first-order valence-corrected chi connectivity index (χ1v) is 8.84. The standard InChI is InChI=1S/C21H26N2O3/c1-5-16-8-6-7-15(4)21(16)23-20(25)13-19(24)22-17-9-11-18(12-10-17)26-14(2)3/h6-12,14H,5,13H2,1-4H3,(H,22,24)(H,23,25). The largest absolute Gasteiger partial charge is 0.491 e. The number of benzene rings is 2. The summed E-state index contributed by atoms with van der Waals surface area (Å²) in [6.07, 6.45) is 0.671. The van der Waals surface area contributed by atoms with Crippen LogP contribution in [0.15, 0.2) is 42.5 Å². The van der Waals surface area contributed by atoms with E-state index in [9.17, 15) is 9.59 Å². The van der Waals surface area contributed by atoms with Crippen LogP contribution < -0.4 is 15.4 Å². The number of amides is 2. The Bertz CT molecular complexity index is 767. The van der Waals surface area contributed by atoms with Crippen LogP contribution in [-0.4, -0.2) is 17.9 Å². The predicted octanol–water partition coefficient (Wildman–Crippen LogP) is 4.31. The maximum Gasteiger partial charge on any atom is 0.233 e. The molecule has 0 aliphatic carbocycles. The molecular formula is C21H26N2O3. The monoisotopic (exact) mass is 354 g/mol. The molecule has 0 radical (unpaired) electrons. The van der Waals surface area contributed by atoms with Crippen LogP contribution in [0, 0.1) is 6.92 Å². The molecule has 0 saturated heterocycles. The molecular weight excluding hydrogens is 328 g/mol. The van der Waals surface area contributed by atoms with Gasteiger partial charge in [-0.2, -0.15) is 0 Å². The van der Waals surface area contributed by atoms with Crippen molar-refractivity contribution in [2.75, 3.05) is 10.6 Å². The fraction of sp³-hybridized carbons (Fsp3) is 0.333. The zero-order valence-corrected chi connectivity index (χ0v) is 15.8. The van der Waals surface area contributed by atoms with E-state index in [2.05, 4.69) is 10.6 Å². The number of hydrogen-bond acceptors (Lipinski definition) is 3. The van der Waals surface area contributed by atoms with Crippen molar-refractivity contribution in [1.29, 1.82) is 0 Å². The van der Waals surface area contributed by atoms with E-state index in [-0.39, 0.29) is 24.3 Å². The second-order valence-electron chi connectivity index (χ2n) is 6.43. The van der Waals surface area contributed by atoms with Gasteiger partial charge in [-0.15, -0.1) is 0 Å². The lowest BCUT2D eigenvalue weighted by Gasteiger charge is -2.13. The fourth-order valence-corrected chi connectivity index (χ4v) is 2.63. The number of aryl methyl sites for hydroxylation is 2. The van der Waals surface area contributed by atoms with E-state index in [4.69, 9.17) is 4.74 Å². The lowest BCUT2D eigenvalue weighted by atomic mass is 10.1. The molecule has 0 fully saturated rings. The third kappa shape index (κ3) is 5.62. The Morgan fingerprint density at radius 3 is 2.27 bits per heavy atom. The van der Waals surface area contributed by atoms with E-state index >= 15 is 0 Å².